The maximum Gasteiger partial charge on any atom is 0.316 e. The number of rotatable bonds is 9. The predicted molar refractivity (Wildman–Crippen MR) is 77.9 cm³/mol. The van der Waals surface area contributed by atoms with Gasteiger partial charge in [0.2, 0.25) is 0 Å². The number of carbonyl (C=O) groups is 1. The van der Waals surface area contributed by atoms with E-state index in [0.717, 1.165) is 25.0 Å². The molecule has 1 N–H and O–H groups in total. The number of unbranched alkanes of at least 4 members (excludes halogenated alkanes) is 3. The van der Waals surface area contributed by atoms with Gasteiger partial charge < -0.3 is 5.11 Å². The van der Waals surface area contributed by atoms with E-state index >= 15 is 0 Å². The van der Waals surface area contributed by atoms with E-state index in [1.807, 2.05) is 30.3 Å². The van der Waals surface area contributed by atoms with Gasteiger partial charge in [-0.15, -0.1) is 11.8 Å². The number of hydrogen-bond acceptors (Lipinski definition) is 2. The van der Waals surface area contributed by atoms with Crippen LogP contribution in [0.25, 0.3) is 0 Å². The lowest BCUT2D eigenvalue weighted by Gasteiger charge is -2.11. The first-order valence-electron chi connectivity index (χ1n) is 6.62. The second kappa shape index (κ2) is 9.03. The van der Waals surface area contributed by atoms with Gasteiger partial charge in [0, 0.05) is 5.75 Å². The summed E-state index contributed by atoms with van der Waals surface area (Å²) in [4.78, 5) is 11.2. The van der Waals surface area contributed by atoms with Gasteiger partial charge in [-0.3, -0.25) is 4.79 Å². The molecule has 1 aromatic carbocycles. The molecule has 0 saturated carbocycles. The smallest absolute Gasteiger partial charge is 0.316 e. The highest BCUT2D eigenvalue weighted by Gasteiger charge is 2.17. The molecule has 0 amide bonds. The molecule has 0 aromatic heterocycles. The van der Waals surface area contributed by atoms with Crippen molar-refractivity contribution >= 4 is 17.7 Å². The summed E-state index contributed by atoms with van der Waals surface area (Å²) < 4.78 is 0. The minimum absolute atomic E-state index is 0.262. The molecule has 1 rings (SSSR count). The lowest BCUT2D eigenvalue weighted by Crippen LogP contribution is -2.16. The fraction of sp³-hybridized carbons (Fsp3) is 0.533. The van der Waals surface area contributed by atoms with Crippen LogP contribution in [-0.2, 0) is 10.5 Å². The molecule has 1 atom stereocenters. The zero-order chi connectivity index (χ0) is 13.2. The third kappa shape index (κ3) is 6.10. The first-order chi connectivity index (χ1) is 8.74. The molecule has 1 unspecified atom stereocenters. The van der Waals surface area contributed by atoms with Crippen LogP contribution in [0, 0.1) is 0 Å². The maximum absolute atomic E-state index is 11.2. The summed E-state index contributed by atoms with van der Waals surface area (Å²) in [5.74, 6) is 0.110. The Morgan fingerprint density at radius 3 is 2.56 bits per heavy atom. The van der Waals surface area contributed by atoms with Crippen molar-refractivity contribution in [2.75, 3.05) is 0 Å². The summed E-state index contributed by atoms with van der Waals surface area (Å²) in [6.07, 6.45) is 5.34. The van der Waals surface area contributed by atoms with Crippen LogP contribution in [0.1, 0.15) is 44.6 Å². The summed E-state index contributed by atoms with van der Waals surface area (Å²) in [6, 6.07) is 10.1. The van der Waals surface area contributed by atoms with Crippen molar-refractivity contribution in [3.05, 3.63) is 35.9 Å². The van der Waals surface area contributed by atoms with Crippen LogP contribution in [0.2, 0.25) is 0 Å². The minimum atomic E-state index is -0.674. The molecule has 18 heavy (non-hydrogen) atoms. The summed E-state index contributed by atoms with van der Waals surface area (Å²) in [7, 11) is 0. The SMILES string of the molecule is CCCCCCC(SCc1ccccc1)C(=O)O. The van der Waals surface area contributed by atoms with Gasteiger partial charge in [0.05, 0.1) is 0 Å². The van der Waals surface area contributed by atoms with Gasteiger partial charge >= 0.3 is 5.97 Å². The van der Waals surface area contributed by atoms with E-state index in [1.165, 1.54) is 18.4 Å². The molecule has 0 spiro atoms. The van der Waals surface area contributed by atoms with E-state index in [-0.39, 0.29) is 5.25 Å². The van der Waals surface area contributed by atoms with Crippen molar-refractivity contribution in [1.82, 2.24) is 0 Å². The topological polar surface area (TPSA) is 37.3 Å². The molecule has 100 valence electrons. The molecule has 1 aromatic rings. The van der Waals surface area contributed by atoms with Crippen LogP contribution < -0.4 is 0 Å². The van der Waals surface area contributed by atoms with Crippen molar-refractivity contribution in [3.8, 4) is 0 Å². The Morgan fingerprint density at radius 2 is 1.94 bits per heavy atom. The van der Waals surface area contributed by atoms with Crippen molar-refractivity contribution in [2.45, 2.75) is 50.0 Å². The average Bonchev–Trinajstić information content (AvgIpc) is 2.38. The summed E-state index contributed by atoms with van der Waals surface area (Å²) >= 11 is 1.54. The van der Waals surface area contributed by atoms with Gasteiger partial charge in [0.1, 0.15) is 5.25 Å². The number of hydrogen-bond donors (Lipinski definition) is 1. The van der Waals surface area contributed by atoms with E-state index in [0.29, 0.717) is 0 Å². The molecule has 0 aliphatic carbocycles. The average molecular weight is 266 g/mol. The number of benzene rings is 1. The molecule has 0 fully saturated rings. The first-order valence-corrected chi connectivity index (χ1v) is 7.67. The quantitative estimate of drug-likeness (QED) is 0.675. The van der Waals surface area contributed by atoms with E-state index in [2.05, 4.69) is 6.92 Å². The highest BCUT2D eigenvalue weighted by atomic mass is 32.2. The van der Waals surface area contributed by atoms with Crippen molar-refractivity contribution in [2.24, 2.45) is 0 Å². The minimum Gasteiger partial charge on any atom is -0.480 e. The molecule has 0 saturated heterocycles. The van der Waals surface area contributed by atoms with Crippen molar-refractivity contribution < 1.29 is 9.90 Å². The van der Waals surface area contributed by atoms with E-state index < -0.39 is 5.97 Å². The van der Waals surface area contributed by atoms with Crippen LogP contribution in [0.3, 0.4) is 0 Å². The zero-order valence-corrected chi connectivity index (χ0v) is 11.8. The van der Waals surface area contributed by atoms with Gasteiger partial charge in [0.25, 0.3) is 0 Å². The molecule has 0 aliphatic heterocycles. The highest BCUT2D eigenvalue weighted by Crippen LogP contribution is 2.22. The van der Waals surface area contributed by atoms with Gasteiger partial charge in [-0.05, 0) is 12.0 Å². The number of thioether (sulfide) groups is 1. The van der Waals surface area contributed by atoms with Crippen LogP contribution in [0.5, 0.6) is 0 Å². The Hall–Kier alpha value is -0.960. The van der Waals surface area contributed by atoms with Crippen LogP contribution in [0.4, 0.5) is 0 Å². The predicted octanol–water partition coefficient (Wildman–Crippen LogP) is 4.34. The van der Waals surface area contributed by atoms with Gasteiger partial charge in [-0.2, -0.15) is 0 Å². The second-order valence-corrected chi connectivity index (χ2v) is 5.66. The molecule has 0 radical (unpaired) electrons. The van der Waals surface area contributed by atoms with Crippen molar-refractivity contribution in [1.29, 1.82) is 0 Å². The molecule has 0 aliphatic rings. The second-order valence-electron chi connectivity index (χ2n) is 4.47. The Balaban J connectivity index is 2.32. The monoisotopic (exact) mass is 266 g/mol. The third-order valence-corrected chi connectivity index (χ3v) is 4.23. The van der Waals surface area contributed by atoms with Gasteiger partial charge in [-0.1, -0.05) is 62.9 Å². The zero-order valence-electron chi connectivity index (χ0n) is 11.0. The van der Waals surface area contributed by atoms with Gasteiger partial charge in [0.15, 0.2) is 0 Å². The molecular formula is C15H22O2S. The lowest BCUT2D eigenvalue weighted by atomic mass is 10.1. The number of carboxylic acid groups (broad SMARTS) is 1. The Kier molecular flexibility index (Phi) is 7.58. The standard InChI is InChI=1S/C15H22O2S/c1-2-3-4-8-11-14(15(16)17)18-12-13-9-6-5-7-10-13/h5-7,9-10,14H,2-4,8,11-12H2,1H3,(H,16,17). The molecule has 3 heteroatoms. The normalized spacial score (nSPS) is 12.3. The number of aliphatic carboxylic acids is 1. The fourth-order valence-corrected chi connectivity index (χ4v) is 2.87. The molecule has 2 nitrogen and oxygen atoms in total. The van der Waals surface area contributed by atoms with Gasteiger partial charge in [-0.25, -0.2) is 0 Å². The van der Waals surface area contributed by atoms with E-state index in [4.69, 9.17) is 0 Å². The molecule has 0 heterocycles. The molecular weight excluding hydrogens is 244 g/mol. The highest BCUT2D eigenvalue weighted by molar-refractivity contribution is 7.99. The third-order valence-electron chi connectivity index (χ3n) is 2.89. The first kappa shape index (κ1) is 15.1. The Labute approximate surface area is 114 Å². The Bertz CT molecular complexity index is 338. The summed E-state index contributed by atoms with van der Waals surface area (Å²) in [6.45, 7) is 2.17. The van der Waals surface area contributed by atoms with E-state index in [9.17, 15) is 9.90 Å². The van der Waals surface area contributed by atoms with Crippen LogP contribution >= 0.6 is 11.8 Å². The summed E-state index contributed by atoms with van der Waals surface area (Å²) in [5.41, 5.74) is 1.20. The lowest BCUT2D eigenvalue weighted by molar-refractivity contribution is -0.136. The van der Waals surface area contributed by atoms with Crippen LogP contribution in [-0.4, -0.2) is 16.3 Å². The Morgan fingerprint density at radius 1 is 1.22 bits per heavy atom. The number of carboxylic acids is 1. The largest absolute Gasteiger partial charge is 0.480 e. The van der Waals surface area contributed by atoms with E-state index in [1.54, 1.807) is 11.8 Å². The maximum atomic E-state index is 11.2. The van der Waals surface area contributed by atoms with Crippen LogP contribution in [0.15, 0.2) is 30.3 Å². The summed E-state index contributed by atoms with van der Waals surface area (Å²) in [5, 5.41) is 8.92. The van der Waals surface area contributed by atoms with Crippen molar-refractivity contribution in [3.63, 3.8) is 0 Å². The fourth-order valence-electron chi connectivity index (χ4n) is 1.81. The molecule has 0 bridgehead atoms.